The van der Waals surface area contributed by atoms with Crippen molar-refractivity contribution in [2.45, 2.75) is 50.6 Å². The molecular formula is C23H27N5O2. The van der Waals surface area contributed by atoms with Gasteiger partial charge >= 0.3 is 0 Å². The average molecular weight is 406 g/mol. The number of aliphatic hydroxyl groups excluding tert-OH is 1. The third kappa shape index (κ3) is 3.77. The van der Waals surface area contributed by atoms with Gasteiger partial charge in [0.05, 0.1) is 11.2 Å². The Labute approximate surface area is 175 Å². The van der Waals surface area contributed by atoms with Crippen LogP contribution in [0.25, 0.3) is 22.2 Å². The smallest absolute Gasteiger partial charge is 0.263 e. The summed E-state index contributed by atoms with van der Waals surface area (Å²) in [5.41, 5.74) is 1.72. The van der Waals surface area contributed by atoms with Gasteiger partial charge in [0.15, 0.2) is 0 Å². The summed E-state index contributed by atoms with van der Waals surface area (Å²) in [4.78, 5) is 25.5. The van der Waals surface area contributed by atoms with Gasteiger partial charge in [-0.05, 0) is 56.6 Å². The van der Waals surface area contributed by atoms with Crippen LogP contribution < -0.4 is 16.2 Å². The summed E-state index contributed by atoms with van der Waals surface area (Å²) in [7, 11) is 0. The fourth-order valence-corrected chi connectivity index (χ4v) is 4.40. The molecule has 0 aliphatic heterocycles. The van der Waals surface area contributed by atoms with E-state index in [1.807, 2.05) is 36.4 Å². The van der Waals surface area contributed by atoms with E-state index in [4.69, 9.17) is 9.97 Å². The van der Waals surface area contributed by atoms with E-state index in [-0.39, 0.29) is 18.2 Å². The molecule has 2 aliphatic rings. The molecule has 0 saturated heterocycles. The molecule has 4 N–H and O–H groups in total. The van der Waals surface area contributed by atoms with Gasteiger partial charge in [-0.2, -0.15) is 4.98 Å². The molecular weight excluding hydrogens is 378 g/mol. The third-order valence-electron chi connectivity index (χ3n) is 6.36. The first kappa shape index (κ1) is 19.1. The van der Waals surface area contributed by atoms with E-state index in [1.54, 1.807) is 0 Å². The Hall–Kier alpha value is -2.93. The predicted octanol–water partition coefficient (Wildman–Crippen LogP) is 3.52. The quantitative estimate of drug-likeness (QED) is 0.500. The van der Waals surface area contributed by atoms with Crippen LogP contribution in [0.5, 0.6) is 0 Å². The van der Waals surface area contributed by atoms with Crippen LogP contribution >= 0.6 is 0 Å². The van der Waals surface area contributed by atoms with Crippen molar-refractivity contribution in [3.63, 3.8) is 0 Å². The molecule has 7 nitrogen and oxygen atoms in total. The number of nitrogens with zero attached hydrogens (tertiary/aromatic N) is 2. The standard InChI is InChI=1S/C23H27N5O2/c29-13-14-8-10-17(12-14)24-21-20(19-11-9-15-4-1-2-7-18(15)26-19)22(30)28-23(27-21)25-16-5-3-6-16/h1-2,4,7,9,11,14,16-17,29H,3,5-6,8,10,12-13H2,(H3,24,25,27,28,30). The first-order chi connectivity index (χ1) is 14.7. The molecule has 0 amide bonds. The summed E-state index contributed by atoms with van der Waals surface area (Å²) >= 11 is 0. The van der Waals surface area contributed by atoms with Gasteiger partial charge in [-0.1, -0.05) is 24.3 Å². The summed E-state index contributed by atoms with van der Waals surface area (Å²) < 4.78 is 0. The summed E-state index contributed by atoms with van der Waals surface area (Å²) in [6, 6.07) is 12.3. The van der Waals surface area contributed by atoms with E-state index in [2.05, 4.69) is 15.6 Å². The molecule has 7 heteroatoms. The number of hydrogen-bond acceptors (Lipinski definition) is 6. The molecule has 1 aromatic carbocycles. The predicted molar refractivity (Wildman–Crippen MR) is 119 cm³/mol. The lowest BCUT2D eigenvalue weighted by atomic mass is 9.93. The first-order valence-corrected chi connectivity index (χ1v) is 10.8. The molecule has 2 aromatic heterocycles. The molecule has 2 aliphatic carbocycles. The molecule has 0 radical (unpaired) electrons. The Balaban J connectivity index is 1.54. The van der Waals surface area contributed by atoms with Gasteiger partial charge in [-0.3, -0.25) is 9.78 Å². The second-order valence-corrected chi connectivity index (χ2v) is 8.50. The minimum Gasteiger partial charge on any atom is -0.396 e. The molecule has 0 bridgehead atoms. The van der Waals surface area contributed by atoms with E-state index in [0.717, 1.165) is 43.0 Å². The molecule has 2 unspecified atom stereocenters. The lowest BCUT2D eigenvalue weighted by Crippen LogP contribution is -2.30. The minimum absolute atomic E-state index is 0.187. The van der Waals surface area contributed by atoms with Gasteiger partial charge in [0, 0.05) is 24.1 Å². The Bertz CT molecular complexity index is 1110. The second kappa shape index (κ2) is 8.07. The van der Waals surface area contributed by atoms with Gasteiger partial charge in [0.1, 0.15) is 11.4 Å². The lowest BCUT2D eigenvalue weighted by molar-refractivity contribution is 0.229. The normalized spacial score (nSPS) is 21.5. The first-order valence-electron chi connectivity index (χ1n) is 10.8. The summed E-state index contributed by atoms with van der Waals surface area (Å²) in [6.45, 7) is 0.203. The SMILES string of the molecule is O=c1[nH]c(NC2CCC2)nc(NC2CCC(CO)C2)c1-c1ccc2ccccc2n1. The number of aromatic amines is 1. The number of rotatable bonds is 6. The van der Waals surface area contributed by atoms with Gasteiger partial charge < -0.3 is 15.7 Å². The highest BCUT2D eigenvalue weighted by molar-refractivity contribution is 5.83. The van der Waals surface area contributed by atoms with Crippen LogP contribution in [0.2, 0.25) is 0 Å². The molecule has 5 rings (SSSR count). The zero-order chi connectivity index (χ0) is 20.5. The number of nitrogens with one attached hydrogen (secondary N) is 3. The van der Waals surface area contributed by atoms with Crippen molar-refractivity contribution >= 4 is 22.7 Å². The van der Waals surface area contributed by atoms with Crippen molar-refractivity contribution in [2.75, 3.05) is 17.2 Å². The van der Waals surface area contributed by atoms with E-state index in [9.17, 15) is 9.90 Å². The molecule has 2 saturated carbocycles. The van der Waals surface area contributed by atoms with E-state index in [1.165, 1.54) is 6.42 Å². The monoisotopic (exact) mass is 405 g/mol. The molecule has 2 heterocycles. The maximum absolute atomic E-state index is 13.1. The van der Waals surface area contributed by atoms with Crippen molar-refractivity contribution in [2.24, 2.45) is 5.92 Å². The third-order valence-corrected chi connectivity index (χ3v) is 6.36. The summed E-state index contributed by atoms with van der Waals surface area (Å²) in [5.74, 6) is 1.37. The van der Waals surface area contributed by atoms with Crippen LogP contribution in [-0.4, -0.2) is 38.7 Å². The largest absolute Gasteiger partial charge is 0.396 e. The molecule has 2 atom stereocenters. The number of para-hydroxylation sites is 1. The zero-order valence-corrected chi connectivity index (χ0v) is 16.9. The highest BCUT2D eigenvalue weighted by atomic mass is 16.3. The minimum atomic E-state index is -0.200. The van der Waals surface area contributed by atoms with E-state index in [0.29, 0.717) is 35.0 Å². The second-order valence-electron chi connectivity index (χ2n) is 8.50. The Morgan fingerprint density at radius 2 is 1.87 bits per heavy atom. The van der Waals surface area contributed by atoms with Gasteiger partial charge in [0.2, 0.25) is 5.95 Å². The Morgan fingerprint density at radius 3 is 2.63 bits per heavy atom. The zero-order valence-electron chi connectivity index (χ0n) is 16.9. The van der Waals surface area contributed by atoms with Crippen molar-refractivity contribution in [1.82, 2.24) is 15.0 Å². The fraction of sp³-hybridized carbons (Fsp3) is 0.435. The number of hydrogen-bond donors (Lipinski definition) is 4. The number of anilines is 2. The maximum atomic E-state index is 13.1. The lowest BCUT2D eigenvalue weighted by Gasteiger charge is -2.27. The van der Waals surface area contributed by atoms with Crippen LogP contribution in [0, 0.1) is 5.92 Å². The van der Waals surface area contributed by atoms with Crippen LogP contribution in [0.3, 0.4) is 0 Å². The van der Waals surface area contributed by atoms with Crippen molar-refractivity contribution in [3.8, 4) is 11.3 Å². The number of fused-ring (bicyclic) bond motifs is 1. The highest BCUT2D eigenvalue weighted by Crippen LogP contribution is 2.31. The van der Waals surface area contributed by atoms with Gasteiger partial charge in [-0.25, -0.2) is 4.98 Å². The van der Waals surface area contributed by atoms with E-state index < -0.39 is 0 Å². The molecule has 3 aromatic rings. The molecule has 156 valence electrons. The van der Waals surface area contributed by atoms with Crippen LogP contribution in [-0.2, 0) is 0 Å². The topological polar surface area (TPSA) is 103 Å². The number of benzene rings is 1. The van der Waals surface area contributed by atoms with Crippen molar-refractivity contribution in [3.05, 3.63) is 46.8 Å². The Kier molecular flexibility index (Phi) is 5.12. The van der Waals surface area contributed by atoms with Gasteiger partial charge in [0.25, 0.3) is 5.56 Å². The molecule has 0 spiro atoms. The summed E-state index contributed by atoms with van der Waals surface area (Å²) in [5, 5.41) is 17.4. The number of aromatic nitrogens is 3. The van der Waals surface area contributed by atoms with Crippen LogP contribution in [0.15, 0.2) is 41.2 Å². The highest BCUT2D eigenvalue weighted by Gasteiger charge is 2.27. The number of H-pyrrole nitrogens is 1. The van der Waals surface area contributed by atoms with Crippen molar-refractivity contribution < 1.29 is 5.11 Å². The van der Waals surface area contributed by atoms with Crippen molar-refractivity contribution in [1.29, 1.82) is 0 Å². The number of pyridine rings is 1. The molecule has 30 heavy (non-hydrogen) atoms. The fourth-order valence-electron chi connectivity index (χ4n) is 4.40. The maximum Gasteiger partial charge on any atom is 0.263 e. The Morgan fingerprint density at radius 1 is 1.00 bits per heavy atom. The van der Waals surface area contributed by atoms with E-state index >= 15 is 0 Å². The summed E-state index contributed by atoms with van der Waals surface area (Å²) in [6.07, 6.45) is 6.21. The van der Waals surface area contributed by atoms with Crippen LogP contribution in [0.1, 0.15) is 38.5 Å². The molecule has 2 fully saturated rings. The van der Waals surface area contributed by atoms with Crippen LogP contribution in [0.4, 0.5) is 11.8 Å². The average Bonchev–Trinajstić information content (AvgIpc) is 3.18. The number of aliphatic hydroxyl groups is 1. The van der Waals surface area contributed by atoms with Gasteiger partial charge in [-0.15, -0.1) is 0 Å².